The van der Waals surface area contributed by atoms with Crippen molar-refractivity contribution >= 4 is 46.4 Å². The number of imide groups is 1. The van der Waals surface area contributed by atoms with Gasteiger partial charge in [-0.3, -0.25) is 14.4 Å². The van der Waals surface area contributed by atoms with E-state index in [0.717, 1.165) is 4.90 Å². The van der Waals surface area contributed by atoms with Gasteiger partial charge in [0.25, 0.3) is 5.91 Å². The summed E-state index contributed by atoms with van der Waals surface area (Å²) >= 11 is 12.2. The van der Waals surface area contributed by atoms with Gasteiger partial charge >= 0.3 is 0 Å². The lowest BCUT2D eigenvalue weighted by Gasteiger charge is -2.29. The number of halogens is 2. The average molecular weight is 499 g/mol. The molecule has 34 heavy (non-hydrogen) atoms. The van der Waals surface area contributed by atoms with E-state index in [1.807, 2.05) is 36.4 Å². The van der Waals surface area contributed by atoms with E-state index in [-0.39, 0.29) is 5.02 Å². The van der Waals surface area contributed by atoms with E-state index in [4.69, 9.17) is 37.5 Å². The van der Waals surface area contributed by atoms with Crippen molar-refractivity contribution in [2.75, 3.05) is 24.2 Å². The Hall–Kier alpha value is -3.26. The number of hydrogen-bond acceptors (Lipinski definition) is 6. The minimum Gasteiger partial charge on any atom is -0.497 e. The molecule has 3 aromatic carbocycles. The second-order valence-electron chi connectivity index (χ2n) is 7.88. The quantitative estimate of drug-likeness (QED) is 0.458. The van der Waals surface area contributed by atoms with Crippen LogP contribution in [0.2, 0.25) is 10.0 Å². The third kappa shape index (κ3) is 3.57. The molecule has 2 saturated heterocycles. The van der Waals surface area contributed by atoms with Gasteiger partial charge in [0.05, 0.1) is 41.7 Å². The van der Waals surface area contributed by atoms with Gasteiger partial charge in [0.2, 0.25) is 5.91 Å². The van der Waals surface area contributed by atoms with E-state index in [2.05, 4.69) is 0 Å². The maximum absolute atomic E-state index is 13.7. The highest BCUT2D eigenvalue weighted by Crippen LogP contribution is 2.50. The van der Waals surface area contributed by atoms with E-state index in [1.165, 1.54) is 6.07 Å². The van der Waals surface area contributed by atoms with Gasteiger partial charge in [0.1, 0.15) is 17.4 Å². The number of benzene rings is 3. The molecule has 7 nitrogen and oxygen atoms in total. The van der Waals surface area contributed by atoms with E-state index in [1.54, 1.807) is 43.5 Å². The van der Waals surface area contributed by atoms with Gasteiger partial charge in [0, 0.05) is 11.6 Å². The predicted molar refractivity (Wildman–Crippen MR) is 129 cm³/mol. The molecule has 3 atom stereocenters. The number of amides is 2. The Morgan fingerprint density at radius 3 is 2.26 bits per heavy atom. The summed E-state index contributed by atoms with van der Waals surface area (Å²) in [6.45, 7) is 0. The Morgan fingerprint density at radius 1 is 0.824 bits per heavy atom. The van der Waals surface area contributed by atoms with Gasteiger partial charge in [-0.25, -0.2) is 9.96 Å². The SMILES string of the molecule is COc1ccc([C@@H]2[C@H]3C(=O)N(c4ccc(Cl)c(Cl)c4)C(=O)[C@H]3ON2c2ccccc2)c(OC)c1. The van der Waals surface area contributed by atoms with Crippen molar-refractivity contribution in [2.24, 2.45) is 5.92 Å². The molecule has 3 aromatic rings. The lowest BCUT2D eigenvalue weighted by Crippen LogP contribution is -2.37. The monoisotopic (exact) mass is 498 g/mol. The van der Waals surface area contributed by atoms with Crippen molar-refractivity contribution in [2.45, 2.75) is 12.1 Å². The molecule has 0 aliphatic carbocycles. The molecule has 2 amide bonds. The van der Waals surface area contributed by atoms with Crippen LogP contribution in [0.25, 0.3) is 0 Å². The fourth-order valence-corrected chi connectivity index (χ4v) is 4.76. The largest absolute Gasteiger partial charge is 0.497 e. The zero-order valence-corrected chi connectivity index (χ0v) is 19.8. The molecule has 5 rings (SSSR count). The van der Waals surface area contributed by atoms with Gasteiger partial charge in [-0.1, -0.05) is 41.4 Å². The fourth-order valence-electron chi connectivity index (χ4n) is 4.47. The average Bonchev–Trinajstić information content (AvgIpc) is 3.36. The van der Waals surface area contributed by atoms with Gasteiger partial charge in [0.15, 0.2) is 6.10 Å². The standard InChI is InChI=1S/C25H20Cl2N2O5/c1-32-16-9-10-17(20(13-16)33-2)22-21-23(34-29(22)14-6-4-3-5-7-14)25(31)28(24(21)30)15-8-11-18(26)19(27)12-15/h3-13,21-23H,1-2H3/t21-,22-,23+/m1/s1. The van der Waals surface area contributed by atoms with Crippen LogP contribution < -0.4 is 19.4 Å². The first-order chi connectivity index (χ1) is 16.4. The normalized spacial score (nSPS) is 21.7. The van der Waals surface area contributed by atoms with Crippen molar-refractivity contribution in [1.82, 2.24) is 0 Å². The van der Waals surface area contributed by atoms with Crippen molar-refractivity contribution in [3.63, 3.8) is 0 Å². The Bertz CT molecular complexity index is 1270. The predicted octanol–water partition coefficient (Wildman–Crippen LogP) is 5.06. The number of nitrogens with zero attached hydrogens (tertiary/aromatic N) is 2. The van der Waals surface area contributed by atoms with E-state index >= 15 is 0 Å². The summed E-state index contributed by atoms with van der Waals surface area (Å²) in [5, 5.41) is 2.19. The third-order valence-corrected chi connectivity index (χ3v) is 6.79. The van der Waals surface area contributed by atoms with Crippen molar-refractivity contribution in [3.05, 3.63) is 82.3 Å². The highest BCUT2D eigenvalue weighted by Gasteiger charge is 2.60. The number of rotatable bonds is 5. The van der Waals surface area contributed by atoms with Crippen LogP contribution in [0.5, 0.6) is 11.5 Å². The summed E-state index contributed by atoms with van der Waals surface area (Å²) in [6.07, 6.45) is -1.01. The van der Waals surface area contributed by atoms with Crippen LogP contribution in [0.3, 0.4) is 0 Å². The van der Waals surface area contributed by atoms with Crippen LogP contribution in [0, 0.1) is 5.92 Å². The number of hydroxylamine groups is 1. The number of fused-ring (bicyclic) bond motifs is 1. The van der Waals surface area contributed by atoms with Crippen molar-refractivity contribution in [1.29, 1.82) is 0 Å². The first kappa shape index (κ1) is 22.5. The first-order valence-corrected chi connectivity index (χ1v) is 11.3. The summed E-state index contributed by atoms with van der Waals surface area (Å²) in [4.78, 5) is 34.4. The fraction of sp³-hybridized carbons (Fsp3) is 0.200. The zero-order chi connectivity index (χ0) is 24.0. The van der Waals surface area contributed by atoms with Crippen molar-refractivity contribution < 1.29 is 23.9 Å². The second-order valence-corrected chi connectivity index (χ2v) is 8.69. The Balaban J connectivity index is 1.62. The molecule has 2 heterocycles. The topological polar surface area (TPSA) is 68.3 Å². The number of ether oxygens (including phenoxy) is 2. The Morgan fingerprint density at radius 2 is 1.59 bits per heavy atom. The van der Waals surface area contributed by atoms with Crippen LogP contribution in [-0.4, -0.2) is 32.1 Å². The number of hydrogen-bond donors (Lipinski definition) is 0. The first-order valence-electron chi connectivity index (χ1n) is 10.5. The number of carbonyl (C=O) groups is 2. The third-order valence-electron chi connectivity index (χ3n) is 6.05. The minimum atomic E-state index is -1.01. The molecule has 0 saturated carbocycles. The maximum Gasteiger partial charge on any atom is 0.266 e. The molecule has 2 fully saturated rings. The molecule has 0 bridgehead atoms. The lowest BCUT2D eigenvalue weighted by molar-refractivity contribution is -0.126. The molecule has 0 spiro atoms. The van der Waals surface area contributed by atoms with Crippen LogP contribution in [0.1, 0.15) is 11.6 Å². The number of methoxy groups -OCH3 is 2. The lowest BCUT2D eigenvalue weighted by atomic mass is 9.90. The van der Waals surface area contributed by atoms with E-state index in [0.29, 0.717) is 33.5 Å². The van der Waals surface area contributed by atoms with E-state index < -0.39 is 29.9 Å². The highest BCUT2D eigenvalue weighted by molar-refractivity contribution is 6.42. The number of anilines is 2. The molecular weight excluding hydrogens is 479 g/mol. The van der Waals surface area contributed by atoms with Gasteiger partial charge in [-0.05, 0) is 42.5 Å². The van der Waals surface area contributed by atoms with Gasteiger partial charge in [-0.2, -0.15) is 0 Å². The van der Waals surface area contributed by atoms with E-state index in [9.17, 15) is 9.59 Å². The molecule has 2 aliphatic rings. The summed E-state index contributed by atoms with van der Waals surface area (Å²) < 4.78 is 11.0. The van der Waals surface area contributed by atoms with Gasteiger partial charge in [-0.15, -0.1) is 0 Å². The van der Waals surface area contributed by atoms with Crippen LogP contribution in [-0.2, 0) is 14.4 Å². The second kappa shape index (κ2) is 8.83. The molecular formula is C25H20Cl2N2O5. The summed E-state index contributed by atoms with van der Waals surface area (Å²) in [7, 11) is 3.11. The van der Waals surface area contributed by atoms with Gasteiger partial charge < -0.3 is 9.47 Å². The molecule has 0 N–H and O–H groups in total. The molecule has 0 radical (unpaired) electrons. The number of para-hydroxylation sites is 1. The van der Waals surface area contributed by atoms with Crippen molar-refractivity contribution in [3.8, 4) is 11.5 Å². The molecule has 2 aliphatic heterocycles. The Kier molecular flexibility index (Phi) is 5.85. The Labute approximate surface area is 206 Å². The zero-order valence-electron chi connectivity index (χ0n) is 18.3. The molecule has 9 heteroatoms. The molecule has 0 unspecified atom stereocenters. The van der Waals surface area contributed by atoms with Crippen LogP contribution >= 0.6 is 23.2 Å². The maximum atomic E-state index is 13.7. The summed E-state index contributed by atoms with van der Waals surface area (Å²) in [5.74, 6) is -0.556. The molecule has 0 aromatic heterocycles. The summed E-state index contributed by atoms with van der Waals surface area (Å²) in [5.41, 5.74) is 1.74. The molecule has 174 valence electrons. The van der Waals surface area contributed by atoms with Crippen LogP contribution in [0.4, 0.5) is 11.4 Å². The number of carbonyl (C=O) groups excluding carboxylic acids is 2. The highest BCUT2D eigenvalue weighted by atomic mass is 35.5. The van der Waals surface area contributed by atoms with Crippen LogP contribution in [0.15, 0.2) is 66.7 Å². The summed E-state index contributed by atoms with van der Waals surface area (Å²) in [6, 6.07) is 18.7. The minimum absolute atomic E-state index is 0.247. The smallest absolute Gasteiger partial charge is 0.266 e.